The van der Waals surface area contributed by atoms with Gasteiger partial charge in [-0.2, -0.15) is 4.39 Å². The number of rotatable bonds is 8. The summed E-state index contributed by atoms with van der Waals surface area (Å²) >= 11 is 6.16. The summed E-state index contributed by atoms with van der Waals surface area (Å²) in [6, 6.07) is 6.39. The van der Waals surface area contributed by atoms with E-state index >= 15 is 0 Å². The molecule has 3 rings (SSSR count). The Bertz CT molecular complexity index is 889. The zero-order valence-electron chi connectivity index (χ0n) is 16.2. The molecule has 5 nitrogen and oxygen atoms in total. The van der Waals surface area contributed by atoms with Crippen LogP contribution in [0, 0.1) is 12.9 Å². The zero-order chi connectivity index (χ0) is 20.3. The molecule has 1 saturated heterocycles. The molecule has 2 heterocycles. The van der Waals surface area contributed by atoms with Crippen LogP contribution < -0.4 is 5.43 Å². The van der Waals surface area contributed by atoms with Crippen molar-refractivity contribution in [1.29, 1.82) is 0 Å². The molecule has 0 spiro atoms. The largest absolute Gasteiger partial charge is 0.273 e. The fourth-order valence-electron chi connectivity index (χ4n) is 3.45. The quantitative estimate of drug-likeness (QED) is 0.303. The van der Waals surface area contributed by atoms with Crippen molar-refractivity contribution < 1.29 is 14.0 Å². The lowest BCUT2D eigenvalue weighted by molar-refractivity contribution is -0.156. The minimum Gasteiger partial charge on any atom is -0.273 e. The molecule has 1 aromatic heterocycles. The number of amides is 2. The molecule has 0 bridgehead atoms. The van der Waals surface area contributed by atoms with Gasteiger partial charge in [-0.15, -0.1) is 11.6 Å². The lowest BCUT2D eigenvalue weighted by Crippen LogP contribution is -2.63. The van der Waals surface area contributed by atoms with E-state index in [9.17, 15) is 14.0 Å². The molecule has 150 valence electrons. The van der Waals surface area contributed by atoms with Gasteiger partial charge >= 0.3 is 0 Å². The van der Waals surface area contributed by atoms with Crippen LogP contribution in [0.25, 0.3) is 10.9 Å². The molecule has 28 heavy (non-hydrogen) atoms. The lowest BCUT2D eigenvalue weighted by Gasteiger charge is -2.43. The predicted molar refractivity (Wildman–Crippen MR) is 107 cm³/mol. The van der Waals surface area contributed by atoms with Gasteiger partial charge in [-0.3, -0.25) is 15.0 Å². The van der Waals surface area contributed by atoms with E-state index in [0.29, 0.717) is 11.9 Å². The van der Waals surface area contributed by atoms with E-state index in [4.69, 9.17) is 11.6 Å². The van der Waals surface area contributed by atoms with E-state index in [2.05, 4.69) is 17.3 Å². The van der Waals surface area contributed by atoms with Crippen molar-refractivity contribution in [3.63, 3.8) is 0 Å². The normalized spacial score (nSPS) is 19.0. The molecule has 0 radical (unpaired) electrons. The van der Waals surface area contributed by atoms with Crippen LogP contribution in [0.15, 0.2) is 24.3 Å². The van der Waals surface area contributed by atoms with E-state index < -0.39 is 23.3 Å². The Hall–Kier alpha value is -2.21. The number of alkyl halides is 1. The van der Waals surface area contributed by atoms with Gasteiger partial charge in [0.2, 0.25) is 11.9 Å². The van der Waals surface area contributed by atoms with Crippen LogP contribution in [0.2, 0.25) is 0 Å². The fraction of sp³-hybridized carbons (Fsp3) is 0.476. The Morgan fingerprint density at radius 2 is 2.00 bits per heavy atom. The summed E-state index contributed by atoms with van der Waals surface area (Å²) in [5.41, 5.74) is 4.35. The lowest BCUT2D eigenvalue weighted by atomic mass is 9.95. The maximum absolute atomic E-state index is 14.6. The Balaban J connectivity index is 1.72. The summed E-state index contributed by atoms with van der Waals surface area (Å²) in [4.78, 5) is 28.3. The van der Waals surface area contributed by atoms with Crippen LogP contribution in [0.5, 0.6) is 0 Å². The molecule has 2 aromatic rings. The summed E-state index contributed by atoms with van der Waals surface area (Å²) in [5.74, 6) is -1.38. The van der Waals surface area contributed by atoms with E-state index in [-0.39, 0.29) is 11.5 Å². The van der Waals surface area contributed by atoms with Crippen LogP contribution in [-0.2, 0) is 9.59 Å². The number of hydrazine groups is 1. The number of halogens is 2. The Kier molecular flexibility index (Phi) is 6.50. The molecule has 0 aliphatic carbocycles. The first-order valence-electron chi connectivity index (χ1n) is 9.75. The van der Waals surface area contributed by atoms with Gasteiger partial charge in [0.1, 0.15) is 11.4 Å². The maximum Gasteiger partial charge on any atom is 0.262 e. The average Bonchev–Trinajstić information content (AvgIpc) is 2.67. The molecule has 7 heteroatoms. The van der Waals surface area contributed by atoms with Gasteiger partial charge in [0.15, 0.2) is 0 Å². The van der Waals surface area contributed by atoms with Crippen molar-refractivity contribution in [2.45, 2.75) is 63.8 Å². The Morgan fingerprint density at radius 3 is 2.75 bits per heavy atom. The van der Waals surface area contributed by atoms with Gasteiger partial charge in [-0.1, -0.05) is 44.2 Å². The molecule has 2 amide bonds. The van der Waals surface area contributed by atoms with Crippen molar-refractivity contribution >= 4 is 34.3 Å². The van der Waals surface area contributed by atoms with Crippen molar-refractivity contribution in [3.8, 4) is 0 Å². The number of aromatic nitrogens is 1. The second kappa shape index (κ2) is 8.86. The van der Waals surface area contributed by atoms with E-state index in [1.807, 2.05) is 19.1 Å². The minimum absolute atomic E-state index is 0.209. The van der Waals surface area contributed by atoms with Crippen molar-refractivity contribution in [2.75, 3.05) is 0 Å². The summed E-state index contributed by atoms with van der Waals surface area (Å²) in [5, 5.41) is 0.971. The highest BCUT2D eigenvalue weighted by molar-refractivity contribution is 6.33. The standard InChI is InChI=1S/C21H25ClFN3O2/c1-3-4-5-6-7-8-17(27)25-26-19(18(22)21(26)28)15-12-14-11-13(2)9-10-16(14)24-20(15)23/h9-12,18-19H,3-8H2,1-2H3,(H,25,27)/t18-,19-/m0/s1. The molecule has 2 atom stereocenters. The third-order valence-electron chi connectivity index (χ3n) is 5.05. The number of benzene rings is 1. The maximum atomic E-state index is 14.6. The molecule has 1 N–H and O–H groups in total. The van der Waals surface area contributed by atoms with Crippen LogP contribution in [0.4, 0.5) is 4.39 Å². The topological polar surface area (TPSA) is 62.3 Å². The molecular formula is C21H25ClFN3O2. The second-order valence-corrected chi connectivity index (χ2v) is 7.79. The number of nitrogens with zero attached hydrogens (tertiary/aromatic N) is 2. The summed E-state index contributed by atoms with van der Waals surface area (Å²) in [6.45, 7) is 4.07. The zero-order valence-corrected chi connectivity index (χ0v) is 16.9. The number of hydrogen-bond donors (Lipinski definition) is 1. The summed E-state index contributed by atoms with van der Waals surface area (Å²) < 4.78 is 14.6. The van der Waals surface area contributed by atoms with Gasteiger partial charge in [0.05, 0.1) is 5.52 Å². The van der Waals surface area contributed by atoms with Gasteiger partial charge in [0.25, 0.3) is 5.91 Å². The van der Waals surface area contributed by atoms with E-state index in [1.54, 1.807) is 12.1 Å². The average molecular weight is 406 g/mol. The van der Waals surface area contributed by atoms with Crippen molar-refractivity contribution in [2.24, 2.45) is 0 Å². The number of β-lactam (4-membered cyclic amide) rings is 1. The number of fused-ring (bicyclic) bond motifs is 1. The van der Waals surface area contributed by atoms with Crippen LogP contribution in [0.1, 0.15) is 62.6 Å². The first kappa shape index (κ1) is 20.5. The number of hydrogen-bond acceptors (Lipinski definition) is 3. The van der Waals surface area contributed by atoms with E-state index in [1.165, 1.54) is 0 Å². The Morgan fingerprint density at radius 1 is 1.25 bits per heavy atom. The highest BCUT2D eigenvalue weighted by Crippen LogP contribution is 2.39. The van der Waals surface area contributed by atoms with Gasteiger partial charge in [-0.05, 0) is 31.5 Å². The number of carbonyl (C=O) groups is 2. The highest BCUT2D eigenvalue weighted by Gasteiger charge is 2.49. The van der Waals surface area contributed by atoms with Crippen molar-refractivity contribution in [3.05, 3.63) is 41.3 Å². The number of nitrogens with one attached hydrogen (secondary N) is 1. The highest BCUT2D eigenvalue weighted by atomic mass is 35.5. The second-order valence-electron chi connectivity index (χ2n) is 7.32. The number of carbonyl (C=O) groups excluding carboxylic acids is 2. The molecule has 1 fully saturated rings. The number of pyridine rings is 1. The Labute approximate surface area is 169 Å². The third kappa shape index (κ3) is 4.27. The summed E-state index contributed by atoms with van der Waals surface area (Å²) in [6.07, 6.45) is 5.43. The van der Waals surface area contributed by atoms with Gasteiger partial charge in [-0.25, -0.2) is 9.99 Å². The van der Waals surface area contributed by atoms with Crippen LogP contribution in [0.3, 0.4) is 0 Å². The van der Waals surface area contributed by atoms with Crippen molar-refractivity contribution in [1.82, 2.24) is 15.4 Å². The molecule has 1 aromatic carbocycles. The van der Waals surface area contributed by atoms with E-state index in [0.717, 1.165) is 48.1 Å². The molecule has 1 aliphatic heterocycles. The third-order valence-corrected chi connectivity index (χ3v) is 5.48. The molecular weight excluding hydrogens is 381 g/mol. The molecule has 1 aliphatic rings. The van der Waals surface area contributed by atoms with Gasteiger partial charge < -0.3 is 0 Å². The predicted octanol–water partition coefficient (Wildman–Crippen LogP) is 4.56. The monoisotopic (exact) mass is 405 g/mol. The van der Waals surface area contributed by atoms with Crippen LogP contribution in [-0.4, -0.2) is 27.2 Å². The number of unbranched alkanes of at least 4 members (excludes halogenated alkanes) is 4. The smallest absolute Gasteiger partial charge is 0.262 e. The molecule has 0 unspecified atom stereocenters. The fourth-order valence-corrected chi connectivity index (χ4v) is 3.80. The summed E-state index contributed by atoms with van der Waals surface area (Å²) in [7, 11) is 0. The first-order valence-corrected chi connectivity index (χ1v) is 10.2. The number of aryl methyl sites for hydroxylation is 1. The SMILES string of the molecule is CCCCCCCC(=O)NN1C(=O)[C@@H](Cl)[C@@H]1c1cc2cc(C)ccc2nc1F. The minimum atomic E-state index is -0.927. The van der Waals surface area contributed by atoms with Crippen LogP contribution >= 0.6 is 11.6 Å². The first-order chi connectivity index (χ1) is 13.4. The van der Waals surface area contributed by atoms with Gasteiger partial charge in [0, 0.05) is 17.4 Å². The molecule has 0 saturated carbocycles.